The number of hydrogen-bond donors (Lipinski definition) is 1. The highest BCUT2D eigenvalue weighted by Gasteiger charge is 2.28. The Hall–Kier alpha value is -2.86. The summed E-state index contributed by atoms with van der Waals surface area (Å²) in [7, 11) is 1.29. The van der Waals surface area contributed by atoms with Gasteiger partial charge in [-0.15, -0.1) is 0 Å². The Labute approximate surface area is 174 Å². The van der Waals surface area contributed by atoms with Crippen LogP contribution in [0.5, 0.6) is 0 Å². The van der Waals surface area contributed by atoms with Gasteiger partial charge in [-0.2, -0.15) is 0 Å². The van der Waals surface area contributed by atoms with Crippen molar-refractivity contribution in [3.63, 3.8) is 0 Å². The van der Waals surface area contributed by atoms with Gasteiger partial charge in [-0.1, -0.05) is 41.9 Å². The van der Waals surface area contributed by atoms with E-state index < -0.39 is 5.97 Å². The number of methoxy groups -OCH3 is 1. The van der Waals surface area contributed by atoms with E-state index in [1.807, 2.05) is 30.3 Å². The van der Waals surface area contributed by atoms with Gasteiger partial charge >= 0.3 is 5.97 Å². The molecule has 1 heterocycles. The number of carbonyl (C=O) groups excluding carboxylic acids is 3. The van der Waals surface area contributed by atoms with Crippen LogP contribution in [0.3, 0.4) is 0 Å². The molecule has 3 rings (SSSR count). The summed E-state index contributed by atoms with van der Waals surface area (Å²) >= 11 is 6.20. The van der Waals surface area contributed by atoms with E-state index in [0.717, 1.165) is 12.0 Å². The second-order valence-corrected chi connectivity index (χ2v) is 7.42. The van der Waals surface area contributed by atoms with Crippen molar-refractivity contribution in [2.24, 2.45) is 5.92 Å². The third-order valence-electron chi connectivity index (χ3n) is 4.99. The molecule has 0 bridgehead atoms. The SMILES string of the molecule is COC(=O)c1ccc(NC(=O)[C@@H]2CCCN(C(=O)Cc3ccccc3)C2)c(Cl)c1. The molecule has 29 heavy (non-hydrogen) atoms. The minimum absolute atomic E-state index is 0.0224. The Kier molecular flexibility index (Phi) is 6.88. The van der Waals surface area contributed by atoms with Gasteiger partial charge in [0.05, 0.1) is 35.7 Å². The number of likely N-dealkylation sites (tertiary alicyclic amines) is 1. The van der Waals surface area contributed by atoms with Crippen LogP contribution in [0.4, 0.5) is 5.69 Å². The minimum Gasteiger partial charge on any atom is -0.465 e. The molecule has 1 aliphatic heterocycles. The third kappa shape index (κ3) is 5.35. The number of anilines is 1. The summed E-state index contributed by atoms with van der Waals surface area (Å²) in [4.78, 5) is 38.7. The second kappa shape index (κ2) is 9.56. The minimum atomic E-state index is -0.496. The van der Waals surface area contributed by atoms with E-state index in [0.29, 0.717) is 37.2 Å². The largest absolute Gasteiger partial charge is 0.465 e. The number of nitrogens with one attached hydrogen (secondary N) is 1. The third-order valence-corrected chi connectivity index (χ3v) is 5.30. The number of piperidine rings is 1. The van der Waals surface area contributed by atoms with E-state index in [2.05, 4.69) is 10.1 Å². The summed E-state index contributed by atoms with van der Waals surface area (Å²) in [6, 6.07) is 14.2. The van der Waals surface area contributed by atoms with Crippen molar-refractivity contribution in [1.82, 2.24) is 4.90 Å². The molecule has 1 fully saturated rings. The first-order valence-corrected chi connectivity index (χ1v) is 9.86. The number of hydrogen-bond acceptors (Lipinski definition) is 4. The highest BCUT2D eigenvalue weighted by molar-refractivity contribution is 6.34. The predicted octanol–water partition coefficient (Wildman–Crippen LogP) is 3.55. The van der Waals surface area contributed by atoms with Crippen LogP contribution in [0, 0.1) is 5.92 Å². The number of esters is 1. The standard InChI is InChI=1S/C22H23ClN2O4/c1-29-22(28)16-9-10-19(18(23)13-16)24-21(27)17-8-5-11-25(14-17)20(26)12-15-6-3-2-4-7-15/h2-4,6-7,9-10,13,17H,5,8,11-12,14H2,1H3,(H,24,27)/t17-/m1/s1. The molecular formula is C22H23ClN2O4. The molecule has 0 unspecified atom stereocenters. The lowest BCUT2D eigenvalue weighted by Crippen LogP contribution is -2.44. The van der Waals surface area contributed by atoms with E-state index in [1.54, 1.807) is 17.0 Å². The molecule has 0 aromatic heterocycles. The van der Waals surface area contributed by atoms with E-state index in [-0.39, 0.29) is 22.8 Å². The van der Waals surface area contributed by atoms with Gasteiger partial charge in [0.15, 0.2) is 0 Å². The van der Waals surface area contributed by atoms with Crippen molar-refractivity contribution in [2.45, 2.75) is 19.3 Å². The van der Waals surface area contributed by atoms with Crippen molar-refractivity contribution < 1.29 is 19.1 Å². The normalized spacial score (nSPS) is 16.2. The molecule has 6 nitrogen and oxygen atoms in total. The Morgan fingerprint density at radius 2 is 1.93 bits per heavy atom. The van der Waals surface area contributed by atoms with Gasteiger partial charge in [0.1, 0.15) is 0 Å². The lowest BCUT2D eigenvalue weighted by molar-refractivity contribution is -0.133. The van der Waals surface area contributed by atoms with Crippen LogP contribution < -0.4 is 5.32 Å². The average Bonchev–Trinajstić information content (AvgIpc) is 2.75. The monoisotopic (exact) mass is 414 g/mol. The maximum atomic E-state index is 12.7. The molecule has 0 spiro atoms. The zero-order valence-electron chi connectivity index (χ0n) is 16.2. The van der Waals surface area contributed by atoms with Crippen LogP contribution >= 0.6 is 11.6 Å². The molecule has 2 aromatic rings. The molecule has 2 aromatic carbocycles. The highest BCUT2D eigenvalue weighted by Crippen LogP contribution is 2.26. The summed E-state index contributed by atoms with van der Waals surface area (Å²) in [5.41, 5.74) is 1.70. The van der Waals surface area contributed by atoms with E-state index in [4.69, 9.17) is 11.6 Å². The summed E-state index contributed by atoms with van der Waals surface area (Å²) in [5, 5.41) is 3.07. The molecular weight excluding hydrogens is 392 g/mol. The van der Waals surface area contributed by atoms with Gasteiger partial charge in [0.2, 0.25) is 11.8 Å². The van der Waals surface area contributed by atoms with E-state index in [1.165, 1.54) is 13.2 Å². The number of halogens is 1. The molecule has 0 aliphatic carbocycles. The van der Waals surface area contributed by atoms with Gasteiger partial charge in [-0.05, 0) is 36.6 Å². The second-order valence-electron chi connectivity index (χ2n) is 7.02. The zero-order valence-corrected chi connectivity index (χ0v) is 16.9. The fourth-order valence-electron chi connectivity index (χ4n) is 3.40. The first-order chi connectivity index (χ1) is 14.0. The fourth-order valence-corrected chi connectivity index (χ4v) is 3.62. The maximum Gasteiger partial charge on any atom is 0.337 e. The van der Waals surface area contributed by atoms with Crippen molar-refractivity contribution in [3.05, 3.63) is 64.7 Å². The fraction of sp³-hybridized carbons (Fsp3) is 0.318. The summed E-state index contributed by atoms with van der Waals surface area (Å²) in [5.74, 6) is -0.964. The van der Waals surface area contributed by atoms with E-state index in [9.17, 15) is 14.4 Å². The van der Waals surface area contributed by atoms with Gasteiger partial charge in [0, 0.05) is 13.1 Å². The zero-order chi connectivity index (χ0) is 20.8. The highest BCUT2D eigenvalue weighted by atomic mass is 35.5. The lowest BCUT2D eigenvalue weighted by Gasteiger charge is -2.32. The average molecular weight is 415 g/mol. The van der Waals surface area contributed by atoms with Crippen molar-refractivity contribution >= 4 is 35.1 Å². The Balaban J connectivity index is 1.61. The topological polar surface area (TPSA) is 75.7 Å². The van der Waals surface area contributed by atoms with E-state index >= 15 is 0 Å². The summed E-state index contributed by atoms with van der Waals surface area (Å²) < 4.78 is 4.66. The Bertz CT molecular complexity index is 901. The first-order valence-electron chi connectivity index (χ1n) is 9.48. The van der Waals surface area contributed by atoms with Crippen LogP contribution in [0.2, 0.25) is 5.02 Å². The first kappa shape index (κ1) is 20.9. The van der Waals surface area contributed by atoms with Gasteiger partial charge in [-0.3, -0.25) is 9.59 Å². The predicted molar refractivity (Wildman–Crippen MR) is 111 cm³/mol. The molecule has 1 atom stereocenters. The van der Waals surface area contributed by atoms with Crippen LogP contribution in [0.1, 0.15) is 28.8 Å². The number of rotatable bonds is 5. The van der Waals surface area contributed by atoms with Crippen LogP contribution in [-0.4, -0.2) is 42.9 Å². The molecule has 1 saturated heterocycles. The Morgan fingerprint density at radius 3 is 2.62 bits per heavy atom. The molecule has 1 aliphatic rings. The molecule has 1 N–H and O–H groups in total. The quantitative estimate of drug-likeness (QED) is 0.759. The van der Waals surface area contributed by atoms with Gasteiger partial charge < -0.3 is 15.0 Å². The maximum absolute atomic E-state index is 12.7. The number of ether oxygens (including phenoxy) is 1. The molecule has 2 amide bonds. The van der Waals surface area contributed by atoms with Gasteiger partial charge in [-0.25, -0.2) is 4.79 Å². The molecule has 152 valence electrons. The van der Waals surface area contributed by atoms with Crippen LogP contribution in [0.15, 0.2) is 48.5 Å². The van der Waals surface area contributed by atoms with Crippen molar-refractivity contribution in [1.29, 1.82) is 0 Å². The van der Waals surface area contributed by atoms with Crippen LogP contribution in [0.25, 0.3) is 0 Å². The van der Waals surface area contributed by atoms with Gasteiger partial charge in [0.25, 0.3) is 0 Å². The molecule has 0 radical (unpaired) electrons. The Morgan fingerprint density at radius 1 is 1.17 bits per heavy atom. The van der Waals surface area contributed by atoms with Crippen molar-refractivity contribution in [2.75, 3.05) is 25.5 Å². The number of benzene rings is 2. The molecule has 0 saturated carbocycles. The van der Waals surface area contributed by atoms with Crippen LogP contribution in [-0.2, 0) is 20.7 Å². The smallest absolute Gasteiger partial charge is 0.337 e. The molecule has 7 heteroatoms. The number of amides is 2. The van der Waals surface area contributed by atoms with Crippen molar-refractivity contribution in [3.8, 4) is 0 Å². The number of nitrogens with zero attached hydrogens (tertiary/aromatic N) is 1. The summed E-state index contributed by atoms with van der Waals surface area (Å²) in [6.07, 6.45) is 1.81. The lowest BCUT2D eigenvalue weighted by atomic mass is 9.96. The number of carbonyl (C=O) groups is 3. The summed E-state index contributed by atoms with van der Waals surface area (Å²) in [6.45, 7) is 1.04.